The molecule has 0 unspecified atom stereocenters. The van der Waals surface area contributed by atoms with Crippen LogP contribution in [0, 0.1) is 6.92 Å². The van der Waals surface area contributed by atoms with Gasteiger partial charge in [-0.3, -0.25) is 0 Å². The lowest BCUT2D eigenvalue weighted by Gasteiger charge is -2.00. The molecule has 90 valence electrons. The molecule has 0 amide bonds. The van der Waals surface area contributed by atoms with Crippen molar-refractivity contribution in [3.8, 4) is 0 Å². The maximum atomic E-state index is 5.72. The molecule has 0 aliphatic carbocycles. The normalized spacial score (nSPS) is 10.9. The van der Waals surface area contributed by atoms with Gasteiger partial charge in [0.15, 0.2) is 5.58 Å². The summed E-state index contributed by atoms with van der Waals surface area (Å²) in [6.07, 6.45) is 0. The van der Waals surface area contributed by atoms with E-state index in [1.54, 1.807) is 0 Å². The van der Waals surface area contributed by atoms with Gasteiger partial charge in [-0.1, -0.05) is 18.2 Å². The van der Waals surface area contributed by atoms with Gasteiger partial charge < -0.3 is 10.2 Å². The zero-order chi connectivity index (χ0) is 12.5. The molecule has 4 heteroatoms. The average molecular weight is 256 g/mol. The largest absolute Gasteiger partial charge is 0.431 e. The van der Waals surface area contributed by atoms with Gasteiger partial charge in [0.05, 0.1) is 0 Å². The predicted octanol–water partition coefficient (Wildman–Crippen LogP) is 3.87. The highest BCUT2D eigenvalue weighted by atomic mass is 32.2. The lowest BCUT2D eigenvalue weighted by Crippen LogP contribution is -1.82. The maximum Gasteiger partial charge on any atom is 0.261 e. The van der Waals surface area contributed by atoms with Crippen LogP contribution in [0.2, 0.25) is 0 Å². The number of hydrogen-bond acceptors (Lipinski definition) is 4. The first kappa shape index (κ1) is 11.2. The fraction of sp³-hybridized carbons (Fsp3) is 0.0714. The van der Waals surface area contributed by atoms with Crippen molar-refractivity contribution in [3.05, 3.63) is 48.0 Å². The molecular formula is C14H12N2OS. The van der Waals surface area contributed by atoms with E-state index >= 15 is 0 Å². The molecule has 18 heavy (non-hydrogen) atoms. The first-order valence-corrected chi connectivity index (χ1v) is 6.43. The Labute approximate surface area is 109 Å². The Morgan fingerprint density at radius 1 is 1.17 bits per heavy atom. The van der Waals surface area contributed by atoms with Crippen molar-refractivity contribution in [1.82, 2.24) is 4.98 Å². The Morgan fingerprint density at radius 2 is 2.00 bits per heavy atom. The number of oxazole rings is 1. The molecule has 0 fully saturated rings. The number of anilines is 1. The fourth-order valence-corrected chi connectivity index (χ4v) is 2.57. The van der Waals surface area contributed by atoms with Crippen LogP contribution in [0.25, 0.3) is 11.1 Å². The quantitative estimate of drug-likeness (QED) is 0.707. The number of aryl methyl sites for hydroxylation is 1. The fourth-order valence-electron chi connectivity index (χ4n) is 1.73. The average Bonchev–Trinajstić information content (AvgIpc) is 2.73. The zero-order valence-corrected chi connectivity index (χ0v) is 10.7. The molecule has 3 rings (SSSR count). The smallest absolute Gasteiger partial charge is 0.261 e. The predicted molar refractivity (Wildman–Crippen MR) is 73.7 cm³/mol. The Balaban J connectivity index is 1.98. The molecule has 0 saturated heterocycles. The number of nitrogens with two attached hydrogens (primary N) is 1. The number of rotatable bonds is 2. The van der Waals surface area contributed by atoms with E-state index in [1.807, 2.05) is 30.3 Å². The summed E-state index contributed by atoms with van der Waals surface area (Å²) in [5.41, 5.74) is 9.19. The highest BCUT2D eigenvalue weighted by molar-refractivity contribution is 7.99. The monoisotopic (exact) mass is 256 g/mol. The van der Waals surface area contributed by atoms with Gasteiger partial charge in [0.25, 0.3) is 5.22 Å². The van der Waals surface area contributed by atoms with Crippen molar-refractivity contribution >= 4 is 28.5 Å². The Kier molecular flexibility index (Phi) is 2.72. The molecule has 0 aliphatic heterocycles. The summed E-state index contributed by atoms with van der Waals surface area (Å²) >= 11 is 1.53. The van der Waals surface area contributed by atoms with Crippen molar-refractivity contribution < 1.29 is 4.42 Å². The van der Waals surface area contributed by atoms with E-state index in [4.69, 9.17) is 10.2 Å². The molecule has 3 nitrogen and oxygen atoms in total. The van der Waals surface area contributed by atoms with Gasteiger partial charge in [0.1, 0.15) is 5.52 Å². The first-order valence-electron chi connectivity index (χ1n) is 5.62. The van der Waals surface area contributed by atoms with Gasteiger partial charge in [-0.05, 0) is 48.5 Å². The van der Waals surface area contributed by atoms with Crippen molar-refractivity contribution in [3.63, 3.8) is 0 Å². The molecule has 3 aromatic rings. The van der Waals surface area contributed by atoms with Gasteiger partial charge in [0, 0.05) is 10.6 Å². The number of nitrogens with zero attached hydrogens (tertiary/aromatic N) is 1. The number of aromatic nitrogens is 1. The van der Waals surface area contributed by atoms with Crippen LogP contribution in [0.15, 0.2) is 57.0 Å². The Hall–Kier alpha value is -1.94. The third-order valence-electron chi connectivity index (χ3n) is 2.68. The standard InChI is InChI=1S/C14H12N2OS/c1-9-4-2-3-5-13(9)18-14-16-11-8-10(15)6-7-12(11)17-14/h2-8H,15H2,1H3. The lowest BCUT2D eigenvalue weighted by molar-refractivity contribution is 0.489. The molecule has 1 aromatic heterocycles. The summed E-state index contributed by atoms with van der Waals surface area (Å²) in [6, 6.07) is 13.6. The second-order valence-electron chi connectivity index (χ2n) is 4.07. The summed E-state index contributed by atoms with van der Waals surface area (Å²) in [5, 5.41) is 0.643. The van der Waals surface area contributed by atoms with Crippen LogP contribution < -0.4 is 5.73 Å². The van der Waals surface area contributed by atoms with E-state index in [9.17, 15) is 0 Å². The molecule has 2 aromatic carbocycles. The molecule has 0 radical (unpaired) electrons. The maximum absolute atomic E-state index is 5.72. The molecule has 1 heterocycles. The molecular weight excluding hydrogens is 244 g/mol. The lowest BCUT2D eigenvalue weighted by atomic mass is 10.2. The minimum absolute atomic E-state index is 0.643. The molecule has 0 aliphatic rings. The summed E-state index contributed by atoms with van der Waals surface area (Å²) < 4.78 is 5.68. The van der Waals surface area contributed by atoms with Crippen molar-refractivity contribution in [1.29, 1.82) is 0 Å². The summed E-state index contributed by atoms with van der Waals surface area (Å²) in [7, 11) is 0. The summed E-state index contributed by atoms with van der Waals surface area (Å²) in [5.74, 6) is 0. The van der Waals surface area contributed by atoms with Gasteiger partial charge in [-0.2, -0.15) is 0 Å². The zero-order valence-electron chi connectivity index (χ0n) is 9.88. The van der Waals surface area contributed by atoms with Gasteiger partial charge >= 0.3 is 0 Å². The highest BCUT2D eigenvalue weighted by Crippen LogP contribution is 2.32. The van der Waals surface area contributed by atoms with Crippen LogP contribution >= 0.6 is 11.8 Å². The molecule has 0 saturated carbocycles. The Morgan fingerprint density at radius 3 is 2.83 bits per heavy atom. The van der Waals surface area contributed by atoms with Gasteiger partial charge in [-0.15, -0.1) is 0 Å². The minimum atomic E-state index is 0.643. The van der Waals surface area contributed by atoms with Crippen LogP contribution in [0.1, 0.15) is 5.56 Å². The van der Waals surface area contributed by atoms with E-state index < -0.39 is 0 Å². The molecule has 0 spiro atoms. The number of hydrogen-bond donors (Lipinski definition) is 1. The van der Waals surface area contributed by atoms with Crippen molar-refractivity contribution in [2.75, 3.05) is 5.73 Å². The van der Waals surface area contributed by atoms with Crippen LogP contribution in [-0.4, -0.2) is 4.98 Å². The van der Waals surface area contributed by atoms with E-state index in [0.717, 1.165) is 16.0 Å². The highest BCUT2D eigenvalue weighted by Gasteiger charge is 2.08. The van der Waals surface area contributed by atoms with Crippen molar-refractivity contribution in [2.45, 2.75) is 17.0 Å². The van der Waals surface area contributed by atoms with Gasteiger partial charge in [0.2, 0.25) is 0 Å². The molecule has 0 atom stereocenters. The third-order valence-corrected chi connectivity index (χ3v) is 3.71. The Bertz CT molecular complexity index is 706. The summed E-state index contributed by atoms with van der Waals surface area (Å²) in [6.45, 7) is 2.07. The van der Waals surface area contributed by atoms with Crippen LogP contribution in [-0.2, 0) is 0 Å². The van der Waals surface area contributed by atoms with E-state index in [1.165, 1.54) is 17.3 Å². The van der Waals surface area contributed by atoms with E-state index in [0.29, 0.717) is 10.9 Å². The number of benzene rings is 2. The number of nitrogen functional groups attached to an aromatic ring is 1. The van der Waals surface area contributed by atoms with Crippen molar-refractivity contribution in [2.24, 2.45) is 0 Å². The van der Waals surface area contributed by atoms with E-state index in [-0.39, 0.29) is 0 Å². The van der Waals surface area contributed by atoms with Crippen LogP contribution in [0.3, 0.4) is 0 Å². The number of fused-ring (bicyclic) bond motifs is 1. The second-order valence-corrected chi connectivity index (χ2v) is 5.07. The minimum Gasteiger partial charge on any atom is -0.431 e. The molecule has 0 bridgehead atoms. The third kappa shape index (κ3) is 2.07. The topological polar surface area (TPSA) is 52.0 Å². The second kappa shape index (κ2) is 4.38. The van der Waals surface area contributed by atoms with E-state index in [2.05, 4.69) is 24.0 Å². The van der Waals surface area contributed by atoms with Crippen LogP contribution in [0.4, 0.5) is 5.69 Å². The SMILES string of the molecule is Cc1ccccc1Sc1nc2cc(N)ccc2o1. The van der Waals surface area contributed by atoms with Crippen LogP contribution in [0.5, 0.6) is 0 Å². The van der Waals surface area contributed by atoms with Gasteiger partial charge in [-0.25, -0.2) is 4.98 Å². The summed E-state index contributed by atoms with van der Waals surface area (Å²) in [4.78, 5) is 5.58. The molecule has 2 N–H and O–H groups in total. The first-order chi connectivity index (χ1) is 8.72.